The van der Waals surface area contributed by atoms with E-state index in [0.29, 0.717) is 6.54 Å². The van der Waals surface area contributed by atoms with Crippen molar-refractivity contribution < 1.29 is 0 Å². The van der Waals surface area contributed by atoms with Gasteiger partial charge in [0.25, 0.3) is 0 Å². The van der Waals surface area contributed by atoms with Gasteiger partial charge in [0.2, 0.25) is 0 Å². The zero-order valence-corrected chi connectivity index (χ0v) is 16.5. The predicted molar refractivity (Wildman–Crippen MR) is 107 cm³/mol. The topological polar surface area (TPSA) is 54.2 Å². The number of aryl methyl sites for hydroxylation is 2. The van der Waals surface area contributed by atoms with Gasteiger partial charge in [0.05, 0.1) is 6.20 Å². The average Bonchev–Trinajstić information content (AvgIpc) is 2.93. The molecule has 0 saturated carbocycles. The Morgan fingerprint density at radius 1 is 1.30 bits per heavy atom. The van der Waals surface area contributed by atoms with Gasteiger partial charge in [-0.05, 0) is 30.0 Å². The first-order valence-corrected chi connectivity index (χ1v) is 7.72. The van der Waals surface area contributed by atoms with Crippen LogP contribution in [-0.4, -0.2) is 29.3 Å². The summed E-state index contributed by atoms with van der Waals surface area (Å²) in [6.07, 6.45) is 5.98. The van der Waals surface area contributed by atoms with E-state index < -0.39 is 0 Å². The van der Waals surface area contributed by atoms with Crippen LogP contribution in [0, 0.1) is 0 Å². The number of benzene rings is 1. The summed E-state index contributed by atoms with van der Waals surface area (Å²) in [6.45, 7) is 1.51. The van der Waals surface area contributed by atoms with Crippen molar-refractivity contribution in [1.82, 2.24) is 20.4 Å². The van der Waals surface area contributed by atoms with Crippen molar-refractivity contribution in [3.05, 3.63) is 52.8 Å². The molecular formula is C16H23ClIN5. The number of nitrogens with one attached hydrogen (secondary N) is 2. The Bertz CT molecular complexity index is 626. The SMILES string of the molecule is CN=C(NCCCc1cnn(C)c1)NCc1ccccc1Cl.I. The maximum Gasteiger partial charge on any atom is 0.191 e. The van der Waals surface area contributed by atoms with Gasteiger partial charge in [0, 0.05) is 38.4 Å². The Morgan fingerprint density at radius 3 is 2.74 bits per heavy atom. The number of guanidine groups is 1. The fraction of sp³-hybridized carbons (Fsp3) is 0.375. The van der Waals surface area contributed by atoms with Crippen LogP contribution in [0.25, 0.3) is 0 Å². The van der Waals surface area contributed by atoms with Gasteiger partial charge in [-0.2, -0.15) is 5.10 Å². The van der Waals surface area contributed by atoms with Crippen LogP contribution in [0.4, 0.5) is 0 Å². The molecule has 0 aliphatic heterocycles. The molecule has 23 heavy (non-hydrogen) atoms. The second-order valence-electron chi connectivity index (χ2n) is 5.07. The molecule has 0 spiro atoms. The maximum atomic E-state index is 6.14. The van der Waals surface area contributed by atoms with E-state index in [9.17, 15) is 0 Å². The van der Waals surface area contributed by atoms with Crippen molar-refractivity contribution in [2.75, 3.05) is 13.6 Å². The van der Waals surface area contributed by atoms with Crippen LogP contribution in [-0.2, 0) is 20.0 Å². The molecule has 2 rings (SSSR count). The van der Waals surface area contributed by atoms with Gasteiger partial charge in [-0.1, -0.05) is 29.8 Å². The van der Waals surface area contributed by atoms with Crippen LogP contribution in [0.5, 0.6) is 0 Å². The van der Waals surface area contributed by atoms with E-state index in [-0.39, 0.29) is 24.0 Å². The third kappa shape index (κ3) is 6.78. The second-order valence-corrected chi connectivity index (χ2v) is 5.48. The van der Waals surface area contributed by atoms with Crippen LogP contribution >= 0.6 is 35.6 Å². The van der Waals surface area contributed by atoms with Gasteiger partial charge < -0.3 is 10.6 Å². The minimum absolute atomic E-state index is 0. The number of hydrogen-bond acceptors (Lipinski definition) is 2. The molecule has 0 fully saturated rings. The van der Waals surface area contributed by atoms with Crippen LogP contribution in [0.15, 0.2) is 41.7 Å². The third-order valence-corrected chi connectivity index (χ3v) is 3.69. The first-order chi connectivity index (χ1) is 10.7. The highest BCUT2D eigenvalue weighted by Gasteiger charge is 2.02. The molecule has 1 aromatic heterocycles. The molecule has 0 aliphatic rings. The molecule has 0 bridgehead atoms. The lowest BCUT2D eigenvalue weighted by Gasteiger charge is -2.12. The normalized spacial score (nSPS) is 11.0. The number of aromatic nitrogens is 2. The van der Waals surface area contributed by atoms with Crippen molar-refractivity contribution in [2.45, 2.75) is 19.4 Å². The minimum atomic E-state index is 0. The fourth-order valence-corrected chi connectivity index (χ4v) is 2.34. The van der Waals surface area contributed by atoms with Gasteiger partial charge in [-0.3, -0.25) is 9.67 Å². The monoisotopic (exact) mass is 447 g/mol. The quantitative estimate of drug-likeness (QED) is 0.310. The first kappa shape index (κ1) is 19.8. The molecule has 0 radical (unpaired) electrons. The van der Waals surface area contributed by atoms with Crippen molar-refractivity contribution in [3.8, 4) is 0 Å². The molecule has 1 heterocycles. The van der Waals surface area contributed by atoms with Crippen LogP contribution in [0.3, 0.4) is 0 Å². The smallest absolute Gasteiger partial charge is 0.191 e. The number of hydrogen-bond donors (Lipinski definition) is 2. The minimum Gasteiger partial charge on any atom is -0.356 e. The van der Waals surface area contributed by atoms with Crippen LogP contribution < -0.4 is 10.6 Å². The lowest BCUT2D eigenvalue weighted by atomic mass is 10.2. The zero-order chi connectivity index (χ0) is 15.8. The maximum absolute atomic E-state index is 6.14. The summed E-state index contributed by atoms with van der Waals surface area (Å²) in [7, 11) is 3.70. The highest BCUT2D eigenvalue weighted by atomic mass is 127. The Kier molecular flexibility index (Phi) is 9.01. The van der Waals surface area contributed by atoms with Crippen molar-refractivity contribution in [3.63, 3.8) is 0 Å². The summed E-state index contributed by atoms with van der Waals surface area (Å²) in [5.74, 6) is 0.783. The molecular weight excluding hydrogens is 425 g/mol. The number of rotatable bonds is 6. The van der Waals surface area contributed by atoms with Crippen LogP contribution in [0.1, 0.15) is 17.5 Å². The van der Waals surface area contributed by atoms with E-state index in [1.807, 2.05) is 48.4 Å². The van der Waals surface area contributed by atoms with Crippen molar-refractivity contribution in [1.29, 1.82) is 0 Å². The fourth-order valence-electron chi connectivity index (χ4n) is 2.14. The molecule has 0 saturated heterocycles. The number of halogens is 2. The van der Waals surface area contributed by atoms with Gasteiger partial charge in [-0.15, -0.1) is 24.0 Å². The molecule has 0 unspecified atom stereocenters. The van der Waals surface area contributed by atoms with Crippen LogP contribution in [0.2, 0.25) is 5.02 Å². The summed E-state index contributed by atoms with van der Waals surface area (Å²) >= 11 is 6.14. The lowest BCUT2D eigenvalue weighted by Crippen LogP contribution is -2.37. The van der Waals surface area contributed by atoms with E-state index in [1.165, 1.54) is 5.56 Å². The molecule has 2 N–H and O–H groups in total. The highest BCUT2D eigenvalue weighted by Crippen LogP contribution is 2.14. The Hall–Kier alpha value is -1.28. The Labute approximate surface area is 159 Å². The standard InChI is InChI=1S/C16H22ClN5.HI/c1-18-16(20-11-14-7-3-4-8-15(14)17)19-9-5-6-13-10-21-22(2)12-13;/h3-4,7-8,10,12H,5-6,9,11H2,1-2H3,(H2,18,19,20);1H. The summed E-state index contributed by atoms with van der Waals surface area (Å²) in [4.78, 5) is 4.22. The largest absolute Gasteiger partial charge is 0.356 e. The number of nitrogens with zero attached hydrogens (tertiary/aromatic N) is 3. The average molecular weight is 448 g/mol. The summed E-state index contributed by atoms with van der Waals surface area (Å²) < 4.78 is 1.83. The third-order valence-electron chi connectivity index (χ3n) is 3.32. The van der Waals surface area contributed by atoms with Gasteiger partial charge in [-0.25, -0.2) is 0 Å². The molecule has 0 amide bonds. The van der Waals surface area contributed by atoms with Gasteiger partial charge in [0.15, 0.2) is 5.96 Å². The Balaban J connectivity index is 0.00000264. The van der Waals surface area contributed by atoms with E-state index >= 15 is 0 Å². The zero-order valence-electron chi connectivity index (χ0n) is 13.4. The van der Waals surface area contributed by atoms with Crippen molar-refractivity contribution in [2.24, 2.45) is 12.0 Å². The second kappa shape index (κ2) is 10.5. The van der Waals surface area contributed by atoms with Crippen molar-refractivity contribution >= 4 is 41.5 Å². The summed E-state index contributed by atoms with van der Waals surface area (Å²) in [5, 5.41) is 11.5. The van der Waals surface area contributed by atoms with E-state index in [4.69, 9.17) is 11.6 Å². The molecule has 2 aromatic rings. The molecule has 0 atom stereocenters. The Morgan fingerprint density at radius 2 is 2.09 bits per heavy atom. The number of aliphatic imine (C=N–C) groups is 1. The highest BCUT2D eigenvalue weighted by molar-refractivity contribution is 14.0. The molecule has 7 heteroatoms. The molecule has 5 nitrogen and oxygen atoms in total. The van der Waals surface area contributed by atoms with E-state index in [1.54, 1.807) is 7.05 Å². The van der Waals surface area contributed by atoms with E-state index in [0.717, 1.165) is 35.9 Å². The van der Waals surface area contributed by atoms with E-state index in [2.05, 4.69) is 20.7 Å². The molecule has 1 aromatic carbocycles. The van der Waals surface area contributed by atoms with Gasteiger partial charge in [0.1, 0.15) is 0 Å². The first-order valence-electron chi connectivity index (χ1n) is 7.34. The molecule has 126 valence electrons. The lowest BCUT2D eigenvalue weighted by molar-refractivity contribution is 0.739. The summed E-state index contributed by atoms with van der Waals surface area (Å²) in [6, 6.07) is 7.80. The van der Waals surface area contributed by atoms with Gasteiger partial charge >= 0.3 is 0 Å². The molecule has 0 aliphatic carbocycles. The predicted octanol–water partition coefficient (Wildman–Crippen LogP) is 2.99. The summed E-state index contributed by atoms with van der Waals surface area (Å²) in [5.41, 5.74) is 2.31.